The van der Waals surface area contributed by atoms with Gasteiger partial charge in [-0.15, -0.1) is 11.3 Å². The summed E-state index contributed by atoms with van der Waals surface area (Å²) in [5.41, 5.74) is 1.35. The first kappa shape index (κ1) is 13.5. The Morgan fingerprint density at radius 1 is 1.44 bits per heavy atom. The van der Waals surface area contributed by atoms with Gasteiger partial charge in [-0.3, -0.25) is 0 Å². The molecule has 1 atom stereocenters. The van der Waals surface area contributed by atoms with E-state index >= 15 is 0 Å². The zero-order chi connectivity index (χ0) is 13.1. The number of aryl methyl sites for hydroxylation is 2. The van der Waals surface area contributed by atoms with Gasteiger partial charge in [-0.2, -0.15) is 4.37 Å². The van der Waals surface area contributed by atoms with Crippen LogP contribution >= 0.6 is 22.9 Å². The topological polar surface area (TPSA) is 47.0 Å². The van der Waals surface area contributed by atoms with Crippen LogP contribution in [0.1, 0.15) is 34.2 Å². The highest BCUT2D eigenvalue weighted by Crippen LogP contribution is 2.23. The first-order chi connectivity index (χ1) is 8.60. The van der Waals surface area contributed by atoms with Crippen LogP contribution in [0.2, 0.25) is 0 Å². The Bertz CT molecular complexity index is 502. The number of ether oxygens (including phenoxy) is 1. The van der Waals surface area contributed by atoms with Crippen LogP contribution in [0, 0.1) is 13.8 Å². The molecular formula is C12H17N3OS2. The number of anilines is 1. The van der Waals surface area contributed by atoms with Gasteiger partial charge < -0.3 is 10.1 Å². The minimum atomic E-state index is -0.0528. The molecule has 0 radical (unpaired) electrons. The molecule has 0 aliphatic heterocycles. The van der Waals surface area contributed by atoms with E-state index in [4.69, 9.17) is 4.74 Å². The van der Waals surface area contributed by atoms with Crippen LogP contribution in [0.5, 0.6) is 0 Å². The zero-order valence-electron chi connectivity index (χ0n) is 11.0. The van der Waals surface area contributed by atoms with E-state index in [2.05, 4.69) is 34.6 Å². The van der Waals surface area contributed by atoms with Gasteiger partial charge in [0.05, 0.1) is 6.54 Å². The summed E-state index contributed by atoms with van der Waals surface area (Å²) in [6.45, 7) is 7.03. The Morgan fingerprint density at radius 3 is 2.83 bits per heavy atom. The Labute approximate surface area is 115 Å². The van der Waals surface area contributed by atoms with E-state index in [1.165, 1.54) is 26.9 Å². The number of thiophene rings is 1. The third kappa shape index (κ3) is 3.07. The van der Waals surface area contributed by atoms with Crippen molar-refractivity contribution >= 4 is 28.0 Å². The smallest absolute Gasteiger partial charge is 0.202 e. The highest BCUT2D eigenvalue weighted by molar-refractivity contribution is 7.12. The molecule has 18 heavy (non-hydrogen) atoms. The molecule has 0 bridgehead atoms. The third-order valence-electron chi connectivity index (χ3n) is 2.79. The SMILES string of the molecule is COC(C)c1nsc(NCc2cc(C)c(C)s2)n1. The molecule has 4 nitrogen and oxygen atoms in total. The van der Waals surface area contributed by atoms with E-state index < -0.39 is 0 Å². The minimum absolute atomic E-state index is 0.0528. The molecule has 1 N–H and O–H groups in total. The molecule has 2 rings (SSSR count). The summed E-state index contributed by atoms with van der Waals surface area (Å²) < 4.78 is 9.46. The summed E-state index contributed by atoms with van der Waals surface area (Å²) in [6.07, 6.45) is -0.0528. The largest absolute Gasteiger partial charge is 0.374 e. The van der Waals surface area contributed by atoms with E-state index in [9.17, 15) is 0 Å². The van der Waals surface area contributed by atoms with Gasteiger partial charge in [0, 0.05) is 28.4 Å². The van der Waals surface area contributed by atoms with Crippen LogP contribution in [0.4, 0.5) is 5.13 Å². The number of rotatable bonds is 5. The van der Waals surface area contributed by atoms with Crippen LogP contribution in [0.3, 0.4) is 0 Å². The van der Waals surface area contributed by atoms with Gasteiger partial charge in [-0.25, -0.2) is 4.98 Å². The van der Waals surface area contributed by atoms with Gasteiger partial charge in [0.2, 0.25) is 5.13 Å². The van der Waals surface area contributed by atoms with E-state index in [0.29, 0.717) is 0 Å². The van der Waals surface area contributed by atoms with Crippen LogP contribution in [0.25, 0.3) is 0 Å². The molecule has 0 spiro atoms. The van der Waals surface area contributed by atoms with Crippen molar-refractivity contribution in [3.05, 3.63) is 27.2 Å². The second kappa shape index (κ2) is 5.77. The number of methoxy groups -OCH3 is 1. The van der Waals surface area contributed by atoms with Crippen LogP contribution in [0.15, 0.2) is 6.07 Å². The molecule has 6 heteroatoms. The summed E-state index contributed by atoms with van der Waals surface area (Å²) in [5, 5.41) is 4.15. The highest BCUT2D eigenvalue weighted by atomic mass is 32.1. The molecule has 0 aliphatic carbocycles. The van der Waals surface area contributed by atoms with Crippen molar-refractivity contribution in [2.24, 2.45) is 0 Å². The van der Waals surface area contributed by atoms with Gasteiger partial charge in [-0.05, 0) is 32.4 Å². The summed E-state index contributed by atoms with van der Waals surface area (Å²) in [6, 6.07) is 2.22. The number of nitrogens with zero attached hydrogens (tertiary/aromatic N) is 2. The second-order valence-corrected chi connectivity index (χ2v) is 6.23. The molecule has 0 amide bonds. The molecule has 0 aliphatic rings. The van der Waals surface area contributed by atoms with E-state index in [1.807, 2.05) is 18.3 Å². The maximum Gasteiger partial charge on any atom is 0.202 e. The molecular weight excluding hydrogens is 266 g/mol. The highest BCUT2D eigenvalue weighted by Gasteiger charge is 2.11. The molecule has 98 valence electrons. The van der Waals surface area contributed by atoms with Crippen molar-refractivity contribution in [3.63, 3.8) is 0 Å². The molecule has 1 unspecified atom stereocenters. The molecule has 2 aromatic heterocycles. The Morgan fingerprint density at radius 2 is 2.22 bits per heavy atom. The Hall–Kier alpha value is -0.980. The van der Waals surface area contributed by atoms with Crippen LogP contribution in [-0.2, 0) is 11.3 Å². The maximum absolute atomic E-state index is 5.19. The second-order valence-electron chi connectivity index (χ2n) is 4.14. The lowest BCUT2D eigenvalue weighted by Crippen LogP contribution is -2.00. The average Bonchev–Trinajstić information content (AvgIpc) is 2.94. The van der Waals surface area contributed by atoms with Crippen molar-refractivity contribution in [1.29, 1.82) is 0 Å². The van der Waals surface area contributed by atoms with Gasteiger partial charge in [0.15, 0.2) is 5.82 Å². The number of nitrogens with one attached hydrogen (secondary N) is 1. The standard InChI is InChI=1S/C12H17N3OS2/c1-7-5-10(17-9(7)3)6-13-12-14-11(15-18-12)8(2)16-4/h5,8H,6H2,1-4H3,(H,13,14,15). The fraction of sp³-hybridized carbons (Fsp3) is 0.500. The maximum atomic E-state index is 5.19. The molecule has 0 fully saturated rings. The van der Waals surface area contributed by atoms with E-state index in [1.54, 1.807) is 7.11 Å². The first-order valence-electron chi connectivity index (χ1n) is 5.76. The Balaban J connectivity index is 1.96. The fourth-order valence-corrected chi connectivity index (χ4v) is 3.11. The molecule has 0 saturated carbocycles. The summed E-state index contributed by atoms with van der Waals surface area (Å²) in [7, 11) is 1.66. The number of hydrogen-bond donors (Lipinski definition) is 1. The summed E-state index contributed by atoms with van der Waals surface area (Å²) >= 11 is 3.20. The van der Waals surface area contributed by atoms with Crippen molar-refractivity contribution < 1.29 is 4.74 Å². The summed E-state index contributed by atoms with van der Waals surface area (Å²) in [5.74, 6) is 0.739. The molecule has 0 saturated heterocycles. The van der Waals surface area contributed by atoms with E-state index in [0.717, 1.165) is 17.5 Å². The monoisotopic (exact) mass is 283 g/mol. The molecule has 0 aromatic carbocycles. The number of aromatic nitrogens is 2. The Kier molecular flexibility index (Phi) is 4.31. The lowest BCUT2D eigenvalue weighted by atomic mass is 10.3. The van der Waals surface area contributed by atoms with E-state index in [-0.39, 0.29) is 6.10 Å². The van der Waals surface area contributed by atoms with Gasteiger partial charge in [0.25, 0.3) is 0 Å². The van der Waals surface area contributed by atoms with Crippen molar-refractivity contribution in [2.45, 2.75) is 33.4 Å². The van der Waals surface area contributed by atoms with Crippen molar-refractivity contribution in [2.75, 3.05) is 12.4 Å². The third-order valence-corrected chi connectivity index (χ3v) is 4.63. The summed E-state index contributed by atoms with van der Waals surface area (Å²) in [4.78, 5) is 7.10. The predicted octanol–water partition coefficient (Wildman–Crippen LogP) is 3.54. The van der Waals surface area contributed by atoms with Crippen molar-refractivity contribution in [1.82, 2.24) is 9.36 Å². The van der Waals surface area contributed by atoms with Crippen LogP contribution in [-0.4, -0.2) is 16.5 Å². The molecule has 2 heterocycles. The lowest BCUT2D eigenvalue weighted by Gasteiger charge is -2.02. The normalized spacial score (nSPS) is 12.7. The average molecular weight is 283 g/mol. The van der Waals surface area contributed by atoms with Gasteiger partial charge in [-0.1, -0.05) is 0 Å². The van der Waals surface area contributed by atoms with Gasteiger partial charge >= 0.3 is 0 Å². The molecule has 2 aromatic rings. The lowest BCUT2D eigenvalue weighted by molar-refractivity contribution is 0.113. The fourth-order valence-electron chi connectivity index (χ4n) is 1.48. The van der Waals surface area contributed by atoms with Crippen LogP contribution < -0.4 is 5.32 Å². The van der Waals surface area contributed by atoms with Crippen molar-refractivity contribution in [3.8, 4) is 0 Å². The predicted molar refractivity (Wildman–Crippen MR) is 76.5 cm³/mol. The van der Waals surface area contributed by atoms with Gasteiger partial charge in [0.1, 0.15) is 6.10 Å². The number of hydrogen-bond acceptors (Lipinski definition) is 6. The zero-order valence-corrected chi connectivity index (χ0v) is 12.6. The first-order valence-corrected chi connectivity index (χ1v) is 7.35. The quantitative estimate of drug-likeness (QED) is 0.912. The minimum Gasteiger partial charge on any atom is -0.374 e.